The van der Waals surface area contributed by atoms with Crippen molar-refractivity contribution in [2.45, 2.75) is 84.0 Å². The molecule has 0 rings (SSSR count). The zero-order valence-corrected chi connectivity index (χ0v) is 17.3. The summed E-state index contributed by atoms with van der Waals surface area (Å²) in [5.41, 5.74) is 0. The Morgan fingerprint density at radius 3 is 1.45 bits per heavy atom. The molecular formula is C18H39NaO3. The van der Waals surface area contributed by atoms with E-state index in [4.69, 9.17) is 14.6 Å². The SMILES string of the molecule is CCCCCCCCCCCCCCOCCOCCO.[H-].[Na+]. The van der Waals surface area contributed by atoms with Crippen LogP contribution in [-0.2, 0) is 9.47 Å². The van der Waals surface area contributed by atoms with Gasteiger partial charge in [0.1, 0.15) is 0 Å². The third-order valence-corrected chi connectivity index (χ3v) is 3.75. The van der Waals surface area contributed by atoms with Crippen molar-refractivity contribution >= 4 is 0 Å². The van der Waals surface area contributed by atoms with E-state index < -0.39 is 0 Å². The first kappa shape index (κ1) is 25.1. The minimum atomic E-state index is 0. The topological polar surface area (TPSA) is 38.7 Å². The third-order valence-electron chi connectivity index (χ3n) is 3.75. The second-order valence-electron chi connectivity index (χ2n) is 5.84. The van der Waals surface area contributed by atoms with Gasteiger partial charge in [-0.15, -0.1) is 0 Å². The van der Waals surface area contributed by atoms with E-state index in [1.165, 1.54) is 70.6 Å². The van der Waals surface area contributed by atoms with Crippen LogP contribution in [-0.4, -0.2) is 38.1 Å². The number of hydrogen-bond donors (Lipinski definition) is 1. The number of unbranched alkanes of at least 4 members (excludes halogenated alkanes) is 11. The van der Waals surface area contributed by atoms with Crippen LogP contribution in [0.4, 0.5) is 0 Å². The first-order valence-electron chi connectivity index (χ1n) is 9.18. The maximum Gasteiger partial charge on any atom is 1.00 e. The molecule has 1 N–H and O–H groups in total. The number of ether oxygens (including phenoxy) is 2. The monoisotopic (exact) mass is 326 g/mol. The standard InChI is InChI=1S/C18H38O3.Na.H/c1-2-3-4-5-6-7-8-9-10-11-12-13-15-20-17-18-21-16-14-19;;/h19H,2-18H2,1H3;;/q;+1;-1. The molecule has 0 aromatic carbocycles. The molecule has 4 heteroatoms. The van der Waals surface area contributed by atoms with Crippen molar-refractivity contribution in [1.82, 2.24) is 0 Å². The molecule has 0 atom stereocenters. The van der Waals surface area contributed by atoms with Crippen molar-refractivity contribution in [2.24, 2.45) is 0 Å². The molecule has 0 heterocycles. The van der Waals surface area contributed by atoms with E-state index in [-0.39, 0.29) is 37.6 Å². The van der Waals surface area contributed by atoms with Crippen LogP contribution in [0.25, 0.3) is 0 Å². The normalized spacial score (nSPS) is 10.6. The zero-order valence-electron chi connectivity index (χ0n) is 16.3. The summed E-state index contributed by atoms with van der Waals surface area (Å²) >= 11 is 0. The summed E-state index contributed by atoms with van der Waals surface area (Å²) < 4.78 is 10.6. The Hall–Kier alpha value is 0.880. The van der Waals surface area contributed by atoms with Gasteiger partial charge in [0.2, 0.25) is 0 Å². The van der Waals surface area contributed by atoms with E-state index in [1.54, 1.807) is 0 Å². The Balaban J connectivity index is -0.00000200. The van der Waals surface area contributed by atoms with Crippen LogP contribution in [0.5, 0.6) is 0 Å². The van der Waals surface area contributed by atoms with Gasteiger partial charge in [-0.3, -0.25) is 0 Å². The van der Waals surface area contributed by atoms with Crippen molar-refractivity contribution in [1.29, 1.82) is 0 Å². The Labute approximate surface area is 162 Å². The van der Waals surface area contributed by atoms with Gasteiger partial charge in [-0.05, 0) is 6.42 Å². The van der Waals surface area contributed by atoms with Crippen molar-refractivity contribution in [3.8, 4) is 0 Å². The van der Waals surface area contributed by atoms with Crippen molar-refractivity contribution in [2.75, 3.05) is 33.0 Å². The second-order valence-corrected chi connectivity index (χ2v) is 5.84. The summed E-state index contributed by atoms with van der Waals surface area (Å²) in [6.07, 6.45) is 16.5. The maximum absolute atomic E-state index is 8.53. The molecule has 0 unspecified atom stereocenters. The van der Waals surface area contributed by atoms with Gasteiger partial charge in [0, 0.05) is 6.61 Å². The third kappa shape index (κ3) is 23.2. The van der Waals surface area contributed by atoms with Gasteiger partial charge < -0.3 is 16.0 Å². The molecule has 0 aromatic heterocycles. The van der Waals surface area contributed by atoms with Gasteiger partial charge in [-0.1, -0.05) is 77.6 Å². The predicted octanol–water partition coefficient (Wildman–Crippen LogP) is 1.83. The second kappa shape index (κ2) is 24.1. The fourth-order valence-corrected chi connectivity index (χ4v) is 2.43. The van der Waals surface area contributed by atoms with Crippen LogP contribution in [0, 0.1) is 0 Å². The molecule has 22 heavy (non-hydrogen) atoms. The summed E-state index contributed by atoms with van der Waals surface area (Å²) in [7, 11) is 0. The van der Waals surface area contributed by atoms with Crippen LogP contribution in [0.1, 0.15) is 85.4 Å². The van der Waals surface area contributed by atoms with E-state index in [0.29, 0.717) is 19.8 Å². The van der Waals surface area contributed by atoms with Gasteiger partial charge in [-0.2, -0.15) is 0 Å². The molecule has 0 spiro atoms. The molecule has 0 saturated heterocycles. The Morgan fingerprint density at radius 2 is 1.00 bits per heavy atom. The summed E-state index contributed by atoms with van der Waals surface area (Å²) in [5, 5.41) is 8.53. The fraction of sp³-hybridized carbons (Fsp3) is 1.00. The number of aliphatic hydroxyl groups is 1. The van der Waals surface area contributed by atoms with E-state index in [2.05, 4.69) is 6.92 Å². The van der Waals surface area contributed by atoms with Gasteiger partial charge >= 0.3 is 29.6 Å². The summed E-state index contributed by atoms with van der Waals surface area (Å²) in [6.45, 7) is 4.88. The smallest absolute Gasteiger partial charge is 1.00 e. The van der Waals surface area contributed by atoms with E-state index in [0.717, 1.165) is 13.0 Å². The van der Waals surface area contributed by atoms with Crippen molar-refractivity contribution in [3.63, 3.8) is 0 Å². The summed E-state index contributed by atoms with van der Waals surface area (Å²) in [6, 6.07) is 0. The summed E-state index contributed by atoms with van der Waals surface area (Å²) in [5.74, 6) is 0. The minimum Gasteiger partial charge on any atom is -1.00 e. The summed E-state index contributed by atoms with van der Waals surface area (Å²) in [4.78, 5) is 0. The molecule has 0 aliphatic rings. The Morgan fingerprint density at radius 1 is 0.591 bits per heavy atom. The van der Waals surface area contributed by atoms with Gasteiger partial charge in [0.15, 0.2) is 0 Å². The van der Waals surface area contributed by atoms with Gasteiger partial charge in [0.05, 0.1) is 26.4 Å². The predicted molar refractivity (Wildman–Crippen MR) is 90.9 cm³/mol. The number of rotatable bonds is 18. The van der Waals surface area contributed by atoms with Crippen LogP contribution in [0.3, 0.4) is 0 Å². The maximum atomic E-state index is 8.53. The first-order valence-corrected chi connectivity index (χ1v) is 9.18. The zero-order chi connectivity index (χ0) is 15.4. The molecule has 0 fully saturated rings. The largest absolute Gasteiger partial charge is 1.00 e. The molecule has 0 amide bonds. The van der Waals surface area contributed by atoms with E-state index >= 15 is 0 Å². The quantitative estimate of drug-likeness (QED) is 0.308. The molecule has 0 radical (unpaired) electrons. The fourth-order valence-electron chi connectivity index (χ4n) is 2.43. The van der Waals surface area contributed by atoms with Gasteiger partial charge in [0.25, 0.3) is 0 Å². The van der Waals surface area contributed by atoms with Crippen LogP contribution < -0.4 is 29.6 Å². The molecule has 0 aliphatic heterocycles. The van der Waals surface area contributed by atoms with Gasteiger partial charge in [-0.25, -0.2) is 0 Å². The minimum absolute atomic E-state index is 0. The number of aliphatic hydroxyl groups excluding tert-OH is 1. The van der Waals surface area contributed by atoms with Crippen LogP contribution in [0.15, 0.2) is 0 Å². The molecule has 0 aromatic rings. The van der Waals surface area contributed by atoms with E-state index in [1.807, 2.05) is 0 Å². The molecule has 130 valence electrons. The number of hydrogen-bond acceptors (Lipinski definition) is 3. The average molecular weight is 326 g/mol. The molecule has 0 bridgehead atoms. The Bertz CT molecular complexity index is 168. The van der Waals surface area contributed by atoms with Crippen LogP contribution >= 0.6 is 0 Å². The van der Waals surface area contributed by atoms with Crippen molar-refractivity contribution < 1.29 is 45.6 Å². The van der Waals surface area contributed by atoms with E-state index in [9.17, 15) is 0 Å². The van der Waals surface area contributed by atoms with Crippen LogP contribution in [0.2, 0.25) is 0 Å². The van der Waals surface area contributed by atoms with Crippen molar-refractivity contribution in [3.05, 3.63) is 0 Å². The molecular weight excluding hydrogens is 287 g/mol. The Kier molecular flexibility index (Phi) is 27.6. The molecule has 0 aliphatic carbocycles. The average Bonchev–Trinajstić information content (AvgIpc) is 2.50. The molecule has 3 nitrogen and oxygen atoms in total. The first-order chi connectivity index (χ1) is 10.4. The molecule has 0 saturated carbocycles.